The second-order valence-electron chi connectivity index (χ2n) is 5.53. The Labute approximate surface area is 139 Å². The molecule has 0 radical (unpaired) electrons. The van der Waals surface area contributed by atoms with Gasteiger partial charge in [-0.25, -0.2) is 14.4 Å². The molecule has 5 heteroatoms. The first-order valence-corrected chi connectivity index (χ1v) is 8.00. The normalized spacial score (nSPS) is 10.8. The summed E-state index contributed by atoms with van der Waals surface area (Å²) in [6.07, 6.45) is 1.90. The van der Waals surface area contributed by atoms with Gasteiger partial charge in [0.1, 0.15) is 11.5 Å². The lowest BCUT2D eigenvalue weighted by atomic mass is 10.1. The van der Waals surface area contributed by atoms with Gasteiger partial charge in [-0.3, -0.25) is 4.79 Å². The lowest BCUT2D eigenvalue weighted by Gasteiger charge is -2.10. The molecule has 0 fully saturated rings. The van der Waals surface area contributed by atoms with Crippen molar-refractivity contribution in [2.75, 3.05) is 6.54 Å². The van der Waals surface area contributed by atoms with E-state index in [9.17, 15) is 9.18 Å². The van der Waals surface area contributed by atoms with Crippen LogP contribution in [0.3, 0.4) is 0 Å². The zero-order valence-electron chi connectivity index (χ0n) is 13.4. The number of carbonyl (C=O) groups excluding carboxylic acids is 1. The van der Waals surface area contributed by atoms with Crippen LogP contribution in [0, 0.1) is 5.82 Å². The molecule has 4 nitrogen and oxygen atoms in total. The molecule has 2 aromatic carbocycles. The Balaban J connectivity index is 2.08. The number of aromatic nitrogens is 2. The van der Waals surface area contributed by atoms with E-state index >= 15 is 0 Å². The van der Waals surface area contributed by atoms with Crippen molar-refractivity contribution in [1.82, 2.24) is 15.3 Å². The number of unbranched alkanes of at least 4 members (excludes halogenated alkanes) is 1. The van der Waals surface area contributed by atoms with Crippen molar-refractivity contribution < 1.29 is 9.18 Å². The van der Waals surface area contributed by atoms with Crippen molar-refractivity contribution in [3.8, 4) is 11.3 Å². The molecular formula is C19H18FN3O. The van der Waals surface area contributed by atoms with Crippen LogP contribution in [0.25, 0.3) is 22.3 Å². The topological polar surface area (TPSA) is 54.9 Å². The molecule has 0 spiro atoms. The number of fused-ring (bicyclic) bond motifs is 1. The molecule has 0 aliphatic carbocycles. The first-order valence-electron chi connectivity index (χ1n) is 8.00. The maximum atomic E-state index is 13.2. The van der Waals surface area contributed by atoms with Gasteiger partial charge in [0.15, 0.2) is 5.69 Å². The van der Waals surface area contributed by atoms with E-state index in [2.05, 4.69) is 22.2 Å². The highest BCUT2D eigenvalue weighted by atomic mass is 19.1. The Kier molecular flexibility index (Phi) is 4.79. The molecule has 1 heterocycles. The van der Waals surface area contributed by atoms with E-state index in [0.29, 0.717) is 28.8 Å². The predicted molar refractivity (Wildman–Crippen MR) is 92.2 cm³/mol. The third-order valence-corrected chi connectivity index (χ3v) is 3.72. The van der Waals surface area contributed by atoms with Crippen molar-refractivity contribution in [2.24, 2.45) is 0 Å². The Morgan fingerprint density at radius 3 is 2.38 bits per heavy atom. The largest absolute Gasteiger partial charge is 0.351 e. The molecule has 1 amide bonds. The van der Waals surface area contributed by atoms with Crippen molar-refractivity contribution in [3.05, 3.63) is 60.0 Å². The lowest BCUT2D eigenvalue weighted by Crippen LogP contribution is -2.26. The van der Waals surface area contributed by atoms with Crippen molar-refractivity contribution >= 4 is 16.9 Å². The van der Waals surface area contributed by atoms with E-state index < -0.39 is 0 Å². The summed E-state index contributed by atoms with van der Waals surface area (Å²) in [4.78, 5) is 21.6. The van der Waals surface area contributed by atoms with Gasteiger partial charge < -0.3 is 5.32 Å². The average Bonchev–Trinajstić information content (AvgIpc) is 2.61. The number of hydrogen-bond acceptors (Lipinski definition) is 3. The Hall–Kier alpha value is -2.82. The molecule has 0 bridgehead atoms. The number of carbonyl (C=O) groups is 1. The summed E-state index contributed by atoms with van der Waals surface area (Å²) in [5.74, 6) is -0.595. The Morgan fingerprint density at radius 2 is 1.71 bits per heavy atom. The third-order valence-electron chi connectivity index (χ3n) is 3.72. The van der Waals surface area contributed by atoms with Crippen LogP contribution in [0.15, 0.2) is 48.5 Å². The summed E-state index contributed by atoms with van der Waals surface area (Å²) < 4.78 is 13.2. The van der Waals surface area contributed by atoms with Gasteiger partial charge in [-0.2, -0.15) is 0 Å². The zero-order chi connectivity index (χ0) is 16.9. The van der Waals surface area contributed by atoms with Crippen LogP contribution in [0.4, 0.5) is 4.39 Å². The predicted octanol–water partition coefficient (Wildman–Crippen LogP) is 3.97. The van der Waals surface area contributed by atoms with Gasteiger partial charge in [0, 0.05) is 12.1 Å². The number of rotatable bonds is 5. The van der Waals surface area contributed by atoms with Crippen LogP contribution in [-0.2, 0) is 0 Å². The SMILES string of the molecule is CCCCNC(=O)c1nc2ccccc2nc1-c1ccc(F)cc1. The number of para-hydroxylation sites is 2. The fourth-order valence-corrected chi connectivity index (χ4v) is 2.43. The van der Waals surface area contributed by atoms with Crippen LogP contribution in [0.2, 0.25) is 0 Å². The highest BCUT2D eigenvalue weighted by Gasteiger charge is 2.17. The second kappa shape index (κ2) is 7.17. The standard InChI is InChI=1S/C19H18FN3O/c1-2-3-12-21-19(24)18-17(13-8-10-14(20)11-9-13)22-15-6-4-5-7-16(15)23-18/h4-11H,2-3,12H2,1H3,(H,21,24). The maximum absolute atomic E-state index is 13.2. The highest BCUT2D eigenvalue weighted by molar-refractivity contribution is 6.00. The molecule has 3 rings (SSSR count). The molecular weight excluding hydrogens is 305 g/mol. The van der Waals surface area contributed by atoms with E-state index in [0.717, 1.165) is 12.8 Å². The molecule has 0 aliphatic rings. The van der Waals surface area contributed by atoms with Gasteiger partial charge >= 0.3 is 0 Å². The minimum absolute atomic E-state index is 0.261. The van der Waals surface area contributed by atoms with Gasteiger partial charge in [-0.15, -0.1) is 0 Å². The minimum atomic E-state index is -0.332. The van der Waals surface area contributed by atoms with Gasteiger partial charge in [0.25, 0.3) is 5.91 Å². The van der Waals surface area contributed by atoms with Crippen molar-refractivity contribution in [2.45, 2.75) is 19.8 Å². The number of nitrogens with zero attached hydrogens (tertiary/aromatic N) is 2. The van der Waals surface area contributed by atoms with Crippen LogP contribution < -0.4 is 5.32 Å². The van der Waals surface area contributed by atoms with E-state index in [4.69, 9.17) is 0 Å². The smallest absolute Gasteiger partial charge is 0.272 e. The van der Waals surface area contributed by atoms with E-state index in [1.165, 1.54) is 12.1 Å². The van der Waals surface area contributed by atoms with Crippen LogP contribution in [0.5, 0.6) is 0 Å². The first-order chi connectivity index (χ1) is 11.7. The summed E-state index contributed by atoms with van der Waals surface area (Å²) in [5, 5.41) is 2.87. The van der Waals surface area contributed by atoms with E-state index in [1.54, 1.807) is 12.1 Å². The number of halogens is 1. The molecule has 1 aromatic heterocycles. The molecule has 0 saturated carbocycles. The van der Waals surface area contributed by atoms with Crippen molar-refractivity contribution in [3.63, 3.8) is 0 Å². The molecule has 0 unspecified atom stereocenters. The van der Waals surface area contributed by atoms with Crippen LogP contribution in [0.1, 0.15) is 30.3 Å². The minimum Gasteiger partial charge on any atom is -0.351 e. The third kappa shape index (κ3) is 3.40. The quantitative estimate of drug-likeness (QED) is 0.723. The Bertz CT molecular complexity index is 862. The Morgan fingerprint density at radius 1 is 1.04 bits per heavy atom. The number of nitrogens with one attached hydrogen (secondary N) is 1. The van der Waals surface area contributed by atoms with Crippen molar-refractivity contribution in [1.29, 1.82) is 0 Å². The summed E-state index contributed by atoms with van der Waals surface area (Å²) in [6, 6.07) is 13.3. The van der Waals surface area contributed by atoms with Gasteiger partial charge in [0.05, 0.1) is 11.0 Å². The molecule has 0 atom stereocenters. The second-order valence-corrected chi connectivity index (χ2v) is 5.53. The summed E-state index contributed by atoms with van der Waals surface area (Å²) in [6.45, 7) is 2.65. The molecule has 0 saturated heterocycles. The monoisotopic (exact) mass is 323 g/mol. The van der Waals surface area contributed by atoms with E-state index in [-0.39, 0.29) is 17.4 Å². The highest BCUT2D eigenvalue weighted by Crippen LogP contribution is 2.23. The molecule has 3 aromatic rings. The maximum Gasteiger partial charge on any atom is 0.272 e. The number of amides is 1. The van der Waals surface area contributed by atoms with Gasteiger partial charge in [-0.05, 0) is 42.8 Å². The zero-order valence-corrected chi connectivity index (χ0v) is 13.4. The number of benzene rings is 2. The first kappa shape index (κ1) is 16.1. The van der Waals surface area contributed by atoms with Gasteiger partial charge in [-0.1, -0.05) is 25.5 Å². The molecule has 122 valence electrons. The summed E-state index contributed by atoms with van der Waals surface area (Å²) in [7, 11) is 0. The molecule has 24 heavy (non-hydrogen) atoms. The average molecular weight is 323 g/mol. The summed E-state index contributed by atoms with van der Waals surface area (Å²) >= 11 is 0. The molecule has 0 aliphatic heterocycles. The number of hydrogen-bond donors (Lipinski definition) is 1. The molecule has 1 N–H and O–H groups in total. The van der Waals surface area contributed by atoms with Crippen LogP contribution in [-0.4, -0.2) is 22.4 Å². The van der Waals surface area contributed by atoms with Gasteiger partial charge in [0.2, 0.25) is 0 Å². The fourth-order valence-electron chi connectivity index (χ4n) is 2.43. The fraction of sp³-hybridized carbons (Fsp3) is 0.211. The van der Waals surface area contributed by atoms with E-state index in [1.807, 2.05) is 24.3 Å². The lowest BCUT2D eigenvalue weighted by molar-refractivity contribution is 0.0949. The summed E-state index contributed by atoms with van der Waals surface area (Å²) in [5.41, 5.74) is 2.74. The van der Waals surface area contributed by atoms with Crippen LogP contribution >= 0.6 is 0 Å².